The van der Waals surface area contributed by atoms with Crippen molar-refractivity contribution >= 4 is 11.8 Å². The third kappa shape index (κ3) is 2.79. The largest absolute Gasteiger partial charge is 0.338 e. The fourth-order valence-electron chi connectivity index (χ4n) is 2.04. The van der Waals surface area contributed by atoms with E-state index in [9.17, 15) is 0 Å². The Hall–Kier alpha value is -1.40. The van der Waals surface area contributed by atoms with Gasteiger partial charge in [-0.3, -0.25) is 4.98 Å². The Morgan fingerprint density at radius 3 is 2.95 bits per heavy atom. The van der Waals surface area contributed by atoms with Crippen LogP contribution in [-0.4, -0.2) is 15.1 Å². The monoisotopic (exact) mass is 276 g/mol. The predicted molar refractivity (Wildman–Crippen MR) is 73.3 cm³/mol. The van der Waals surface area contributed by atoms with Gasteiger partial charge in [0.15, 0.2) is 5.82 Å². The summed E-state index contributed by atoms with van der Waals surface area (Å²) in [4.78, 5) is 8.48. The van der Waals surface area contributed by atoms with Gasteiger partial charge in [0, 0.05) is 18.1 Å². The molecule has 2 aromatic rings. The molecular formula is C13H16N4OS. The number of thioether (sulfide) groups is 1. The number of rotatable bonds is 5. The molecule has 100 valence electrons. The van der Waals surface area contributed by atoms with Crippen molar-refractivity contribution in [3.05, 3.63) is 41.8 Å². The number of pyridine rings is 1. The van der Waals surface area contributed by atoms with Gasteiger partial charge in [-0.2, -0.15) is 4.98 Å². The highest BCUT2D eigenvalue weighted by Gasteiger charge is 2.38. The van der Waals surface area contributed by atoms with Crippen LogP contribution >= 0.6 is 11.8 Å². The van der Waals surface area contributed by atoms with Gasteiger partial charge >= 0.3 is 0 Å². The van der Waals surface area contributed by atoms with Gasteiger partial charge < -0.3 is 10.3 Å². The van der Waals surface area contributed by atoms with Crippen LogP contribution in [0, 0.1) is 0 Å². The van der Waals surface area contributed by atoms with Crippen LogP contribution in [0.4, 0.5) is 0 Å². The first-order valence-electron chi connectivity index (χ1n) is 6.35. The lowest BCUT2D eigenvalue weighted by atomic mass is 9.77. The standard InChI is InChI=1S/C13H16N4OS/c14-13(4-2-5-13)12-16-11(18-17-12)9-19-8-10-3-1-6-15-7-10/h1,3,6-7H,2,4-5,8-9,14H2. The van der Waals surface area contributed by atoms with Gasteiger partial charge in [-0.25, -0.2) is 0 Å². The Labute approximate surface area is 116 Å². The van der Waals surface area contributed by atoms with E-state index in [1.165, 1.54) is 5.56 Å². The molecule has 2 heterocycles. The molecule has 2 aromatic heterocycles. The molecule has 0 aliphatic heterocycles. The summed E-state index contributed by atoms with van der Waals surface area (Å²) in [5, 5.41) is 4.00. The van der Waals surface area contributed by atoms with Crippen LogP contribution in [-0.2, 0) is 17.0 Å². The minimum atomic E-state index is -0.338. The molecule has 1 fully saturated rings. The number of aromatic nitrogens is 3. The molecule has 0 atom stereocenters. The molecule has 0 amide bonds. The second-order valence-corrected chi connectivity index (χ2v) is 5.86. The van der Waals surface area contributed by atoms with Gasteiger partial charge in [-0.05, 0) is 30.9 Å². The molecular weight excluding hydrogens is 260 g/mol. The lowest BCUT2D eigenvalue weighted by Crippen LogP contribution is -2.44. The van der Waals surface area contributed by atoms with Gasteiger partial charge in [-0.1, -0.05) is 11.2 Å². The zero-order valence-corrected chi connectivity index (χ0v) is 11.4. The Bertz CT molecular complexity index is 539. The van der Waals surface area contributed by atoms with E-state index in [1.54, 1.807) is 18.0 Å². The minimum Gasteiger partial charge on any atom is -0.338 e. The average Bonchev–Trinajstić information content (AvgIpc) is 2.86. The molecule has 1 aliphatic carbocycles. The molecule has 0 aromatic carbocycles. The van der Waals surface area contributed by atoms with E-state index >= 15 is 0 Å². The lowest BCUT2D eigenvalue weighted by Gasteiger charge is -2.34. The Kier molecular flexibility index (Phi) is 3.52. The van der Waals surface area contributed by atoms with Crippen LogP contribution in [0.25, 0.3) is 0 Å². The summed E-state index contributed by atoms with van der Waals surface area (Å²) in [6.45, 7) is 0. The van der Waals surface area contributed by atoms with E-state index in [0.717, 1.165) is 25.0 Å². The molecule has 0 saturated heterocycles. The number of hydrogen-bond donors (Lipinski definition) is 1. The fraction of sp³-hybridized carbons (Fsp3) is 0.462. The quantitative estimate of drug-likeness (QED) is 0.902. The molecule has 0 bridgehead atoms. The van der Waals surface area contributed by atoms with Crippen LogP contribution in [0.3, 0.4) is 0 Å². The number of nitrogens with zero attached hydrogens (tertiary/aromatic N) is 3. The second-order valence-electron chi connectivity index (χ2n) is 4.88. The summed E-state index contributed by atoms with van der Waals surface area (Å²) in [5.41, 5.74) is 7.02. The summed E-state index contributed by atoms with van der Waals surface area (Å²) >= 11 is 1.73. The Morgan fingerprint density at radius 1 is 1.37 bits per heavy atom. The first-order valence-corrected chi connectivity index (χ1v) is 7.50. The molecule has 3 rings (SSSR count). The number of nitrogens with two attached hydrogens (primary N) is 1. The van der Waals surface area contributed by atoms with Crippen molar-refractivity contribution in [2.75, 3.05) is 0 Å². The zero-order chi connectivity index (χ0) is 13.1. The summed E-state index contributed by atoms with van der Waals surface area (Å²) in [7, 11) is 0. The van der Waals surface area contributed by atoms with Crippen molar-refractivity contribution in [2.24, 2.45) is 5.73 Å². The maximum absolute atomic E-state index is 6.16. The van der Waals surface area contributed by atoms with E-state index in [1.807, 2.05) is 12.3 Å². The third-order valence-corrected chi connectivity index (χ3v) is 4.36. The first kappa shape index (κ1) is 12.6. The maximum Gasteiger partial charge on any atom is 0.236 e. The van der Waals surface area contributed by atoms with Crippen LogP contribution in [0.15, 0.2) is 29.0 Å². The van der Waals surface area contributed by atoms with Crippen LogP contribution in [0.5, 0.6) is 0 Å². The first-order chi connectivity index (χ1) is 9.26. The SMILES string of the molecule is NC1(c2noc(CSCc3cccnc3)n2)CCC1. The van der Waals surface area contributed by atoms with Crippen LogP contribution in [0.2, 0.25) is 0 Å². The average molecular weight is 276 g/mol. The van der Waals surface area contributed by atoms with Crippen molar-refractivity contribution in [1.29, 1.82) is 0 Å². The van der Waals surface area contributed by atoms with Gasteiger partial charge in [-0.15, -0.1) is 11.8 Å². The normalized spacial score (nSPS) is 17.1. The Balaban J connectivity index is 1.53. The van der Waals surface area contributed by atoms with Gasteiger partial charge in [0.2, 0.25) is 5.89 Å². The van der Waals surface area contributed by atoms with E-state index in [0.29, 0.717) is 17.5 Å². The summed E-state index contributed by atoms with van der Waals surface area (Å²) in [6.07, 6.45) is 6.70. The molecule has 5 nitrogen and oxygen atoms in total. The van der Waals surface area contributed by atoms with Crippen molar-refractivity contribution in [3.8, 4) is 0 Å². The topological polar surface area (TPSA) is 77.8 Å². The fourth-order valence-corrected chi connectivity index (χ4v) is 2.84. The van der Waals surface area contributed by atoms with Crippen LogP contribution < -0.4 is 5.73 Å². The van der Waals surface area contributed by atoms with Gasteiger partial charge in [0.25, 0.3) is 0 Å². The zero-order valence-electron chi connectivity index (χ0n) is 10.6. The molecule has 1 aliphatic rings. The molecule has 0 unspecified atom stereocenters. The van der Waals surface area contributed by atoms with Gasteiger partial charge in [0.05, 0.1) is 11.3 Å². The molecule has 6 heteroatoms. The van der Waals surface area contributed by atoms with Crippen molar-refractivity contribution < 1.29 is 4.52 Å². The highest BCUT2D eigenvalue weighted by atomic mass is 32.2. The molecule has 0 radical (unpaired) electrons. The minimum absolute atomic E-state index is 0.338. The maximum atomic E-state index is 6.16. The highest BCUT2D eigenvalue weighted by molar-refractivity contribution is 7.97. The lowest BCUT2D eigenvalue weighted by molar-refractivity contribution is 0.229. The molecule has 2 N–H and O–H groups in total. The third-order valence-electron chi connectivity index (χ3n) is 3.38. The van der Waals surface area contributed by atoms with Crippen LogP contribution in [0.1, 0.15) is 36.5 Å². The second kappa shape index (κ2) is 5.30. The predicted octanol–water partition coefficient (Wildman–Crippen LogP) is 2.24. The van der Waals surface area contributed by atoms with Gasteiger partial charge in [0.1, 0.15) is 0 Å². The van der Waals surface area contributed by atoms with Crippen molar-refractivity contribution in [1.82, 2.24) is 15.1 Å². The summed E-state index contributed by atoms with van der Waals surface area (Å²) in [5.74, 6) is 2.91. The summed E-state index contributed by atoms with van der Waals surface area (Å²) < 4.78 is 5.25. The molecule has 19 heavy (non-hydrogen) atoms. The molecule has 0 spiro atoms. The highest BCUT2D eigenvalue weighted by Crippen LogP contribution is 2.37. The van der Waals surface area contributed by atoms with E-state index < -0.39 is 0 Å². The number of hydrogen-bond acceptors (Lipinski definition) is 6. The van der Waals surface area contributed by atoms with E-state index in [4.69, 9.17) is 10.3 Å². The summed E-state index contributed by atoms with van der Waals surface area (Å²) in [6, 6.07) is 4.00. The van der Waals surface area contributed by atoms with Crippen molar-refractivity contribution in [3.63, 3.8) is 0 Å². The van der Waals surface area contributed by atoms with E-state index in [2.05, 4.69) is 21.2 Å². The molecule has 1 saturated carbocycles. The Morgan fingerprint density at radius 2 is 2.26 bits per heavy atom. The van der Waals surface area contributed by atoms with E-state index in [-0.39, 0.29) is 5.54 Å². The smallest absolute Gasteiger partial charge is 0.236 e. The van der Waals surface area contributed by atoms with Crippen molar-refractivity contribution in [2.45, 2.75) is 36.3 Å².